The zero-order valence-electron chi connectivity index (χ0n) is 6.71. The van der Waals surface area contributed by atoms with Crippen LogP contribution < -0.4 is 34.7 Å². The third-order valence-electron chi connectivity index (χ3n) is 0.721. The molecule has 0 aliphatic carbocycles. The van der Waals surface area contributed by atoms with Gasteiger partial charge >= 0.3 is 35.5 Å². The summed E-state index contributed by atoms with van der Waals surface area (Å²) in [5, 5.41) is 10.4. The van der Waals surface area contributed by atoms with Gasteiger partial charge in [-0.25, -0.2) is 4.79 Å². The van der Waals surface area contributed by atoms with Crippen LogP contribution in [0.25, 0.3) is 0 Å². The molecule has 0 fully saturated rings. The SMILES string of the molecule is COC(=O)C([O-])=CC(C)=O.[Na+]. The van der Waals surface area contributed by atoms with Crippen LogP contribution in [0, 0.1) is 0 Å². The van der Waals surface area contributed by atoms with E-state index in [4.69, 9.17) is 0 Å². The molecule has 0 aliphatic rings. The standard InChI is InChI=1S/C6H8O4.Na/c1-4(7)3-5(8)6(9)10-2;/h3,8H,1-2H3;/q;+1/p-1. The summed E-state index contributed by atoms with van der Waals surface area (Å²) in [5.74, 6) is -2.40. The Morgan fingerprint density at radius 1 is 1.45 bits per heavy atom. The van der Waals surface area contributed by atoms with Crippen LogP contribution in [-0.4, -0.2) is 18.9 Å². The van der Waals surface area contributed by atoms with Gasteiger partial charge in [-0.3, -0.25) is 4.79 Å². The van der Waals surface area contributed by atoms with Gasteiger partial charge in [-0.2, -0.15) is 0 Å². The molecule has 0 saturated heterocycles. The molecule has 5 heteroatoms. The monoisotopic (exact) mass is 166 g/mol. The van der Waals surface area contributed by atoms with Crippen LogP contribution >= 0.6 is 0 Å². The van der Waals surface area contributed by atoms with Gasteiger partial charge in [0.15, 0.2) is 5.78 Å². The first-order valence-electron chi connectivity index (χ1n) is 2.55. The van der Waals surface area contributed by atoms with Crippen molar-refractivity contribution in [3.05, 3.63) is 11.8 Å². The molecule has 0 rings (SSSR count). The second kappa shape index (κ2) is 6.39. The predicted octanol–water partition coefficient (Wildman–Crippen LogP) is -4.00. The summed E-state index contributed by atoms with van der Waals surface area (Å²) in [5.41, 5.74) is 0. The number of carbonyl (C=O) groups is 2. The summed E-state index contributed by atoms with van der Waals surface area (Å²) >= 11 is 0. The summed E-state index contributed by atoms with van der Waals surface area (Å²) in [4.78, 5) is 20.5. The Bertz CT molecular complexity index is 185. The van der Waals surface area contributed by atoms with E-state index in [0.29, 0.717) is 6.08 Å². The zero-order chi connectivity index (χ0) is 8.15. The topological polar surface area (TPSA) is 66.4 Å². The molecule has 0 spiro atoms. The van der Waals surface area contributed by atoms with E-state index in [1.165, 1.54) is 6.92 Å². The molecule has 0 atom stereocenters. The average Bonchev–Trinajstić information content (AvgIpc) is 1.85. The minimum atomic E-state index is -1.02. The molecule has 0 aliphatic heterocycles. The molecular weight excluding hydrogens is 159 g/mol. The van der Waals surface area contributed by atoms with Crippen LogP contribution in [-0.2, 0) is 14.3 Å². The second-order valence-corrected chi connectivity index (χ2v) is 1.61. The molecule has 11 heavy (non-hydrogen) atoms. The number of methoxy groups -OCH3 is 1. The van der Waals surface area contributed by atoms with Gasteiger partial charge < -0.3 is 9.84 Å². The van der Waals surface area contributed by atoms with Crippen molar-refractivity contribution in [2.75, 3.05) is 7.11 Å². The van der Waals surface area contributed by atoms with E-state index in [0.717, 1.165) is 7.11 Å². The number of carbonyl (C=O) groups excluding carboxylic acids is 2. The van der Waals surface area contributed by atoms with E-state index >= 15 is 0 Å². The van der Waals surface area contributed by atoms with Gasteiger partial charge in [-0.05, 0) is 18.8 Å². The number of allylic oxidation sites excluding steroid dienone is 1. The molecule has 56 valence electrons. The second-order valence-electron chi connectivity index (χ2n) is 1.61. The van der Waals surface area contributed by atoms with Gasteiger partial charge in [-0.15, -0.1) is 0 Å². The summed E-state index contributed by atoms with van der Waals surface area (Å²) in [6.07, 6.45) is 0.686. The number of rotatable bonds is 2. The quantitative estimate of drug-likeness (QED) is 0.181. The van der Waals surface area contributed by atoms with Crippen LogP contribution in [0.1, 0.15) is 6.92 Å². The first-order valence-corrected chi connectivity index (χ1v) is 2.55. The van der Waals surface area contributed by atoms with Crippen LogP contribution in [0.15, 0.2) is 11.8 Å². The summed E-state index contributed by atoms with van der Waals surface area (Å²) in [7, 11) is 1.08. The molecule has 0 bridgehead atoms. The molecule has 0 unspecified atom stereocenters. The Hall–Kier alpha value is -0.320. The van der Waals surface area contributed by atoms with E-state index in [1.54, 1.807) is 0 Å². The van der Waals surface area contributed by atoms with E-state index in [2.05, 4.69) is 4.74 Å². The Labute approximate surface area is 86.5 Å². The number of esters is 1. The summed E-state index contributed by atoms with van der Waals surface area (Å²) in [6.45, 7) is 1.18. The molecule has 0 aromatic heterocycles. The fourth-order valence-corrected chi connectivity index (χ4v) is 0.344. The number of ketones is 1. The fraction of sp³-hybridized carbons (Fsp3) is 0.333. The predicted molar refractivity (Wildman–Crippen MR) is 30.8 cm³/mol. The van der Waals surface area contributed by atoms with Crippen molar-refractivity contribution >= 4 is 11.8 Å². The normalized spacial score (nSPS) is 9.82. The molecule has 0 radical (unpaired) electrons. The number of hydrogen-bond donors (Lipinski definition) is 0. The fourth-order valence-electron chi connectivity index (χ4n) is 0.344. The van der Waals surface area contributed by atoms with Crippen LogP contribution in [0.3, 0.4) is 0 Å². The van der Waals surface area contributed by atoms with Crippen molar-refractivity contribution in [2.45, 2.75) is 6.92 Å². The van der Waals surface area contributed by atoms with E-state index < -0.39 is 17.5 Å². The largest absolute Gasteiger partial charge is 1.00 e. The molecule has 4 nitrogen and oxygen atoms in total. The van der Waals surface area contributed by atoms with Crippen molar-refractivity contribution in [2.24, 2.45) is 0 Å². The molecule has 0 N–H and O–H groups in total. The van der Waals surface area contributed by atoms with Crippen molar-refractivity contribution in [1.29, 1.82) is 0 Å². The Morgan fingerprint density at radius 2 is 1.91 bits per heavy atom. The maximum Gasteiger partial charge on any atom is 1.00 e. The minimum Gasteiger partial charge on any atom is -0.868 e. The maximum atomic E-state index is 10.4. The molecule has 0 heterocycles. The molecule has 0 aromatic rings. The maximum absolute atomic E-state index is 10.4. The first-order chi connectivity index (χ1) is 4.57. The van der Waals surface area contributed by atoms with Gasteiger partial charge in [0.1, 0.15) is 0 Å². The Morgan fingerprint density at radius 3 is 2.18 bits per heavy atom. The third-order valence-corrected chi connectivity index (χ3v) is 0.721. The van der Waals surface area contributed by atoms with Crippen molar-refractivity contribution in [1.82, 2.24) is 0 Å². The van der Waals surface area contributed by atoms with Crippen molar-refractivity contribution in [3.8, 4) is 0 Å². The molecule has 0 saturated carbocycles. The molecule has 0 aromatic carbocycles. The van der Waals surface area contributed by atoms with Crippen LogP contribution in [0.4, 0.5) is 0 Å². The molecule has 0 amide bonds. The summed E-state index contributed by atoms with van der Waals surface area (Å²) in [6, 6.07) is 0. The Kier molecular flexibility index (Phi) is 7.72. The summed E-state index contributed by atoms with van der Waals surface area (Å²) < 4.78 is 4.04. The smallest absolute Gasteiger partial charge is 0.868 e. The van der Waals surface area contributed by atoms with E-state index in [9.17, 15) is 14.7 Å². The minimum absolute atomic E-state index is 0. The average molecular weight is 166 g/mol. The number of hydrogen-bond acceptors (Lipinski definition) is 4. The van der Waals surface area contributed by atoms with E-state index in [1.807, 2.05) is 0 Å². The third kappa shape index (κ3) is 6.09. The van der Waals surface area contributed by atoms with Crippen molar-refractivity contribution in [3.63, 3.8) is 0 Å². The van der Waals surface area contributed by atoms with Gasteiger partial charge in [0.2, 0.25) is 0 Å². The molecular formula is C6H7NaO4. The van der Waals surface area contributed by atoms with Gasteiger partial charge in [-0.1, -0.05) is 0 Å². The van der Waals surface area contributed by atoms with Gasteiger partial charge in [0.25, 0.3) is 0 Å². The van der Waals surface area contributed by atoms with Gasteiger partial charge in [0, 0.05) is 0 Å². The Balaban J connectivity index is 0. The van der Waals surface area contributed by atoms with Crippen LogP contribution in [0.2, 0.25) is 0 Å². The van der Waals surface area contributed by atoms with Crippen molar-refractivity contribution < 1.29 is 49.0 Å². The van der Waals surface area contributed by atoms with Crippen LogP contribution in [0.5, 0.6) is 0 Å². The van der Waals surface area contributed by atoms with Gasteiger partial charge in [0.05, 0.1) is 7.11 Å². The first kappa shape index (κ1) is 13.3. The number of ether oxygens (including phenoxy) is 1. The zero-order valence-corrected chi connectivity index (χ0v) is 8.71. The van der Waals surface area contributed by atoms with E-state index in [-0.39, 0.29) is 29.6 Å².